The fraction of sp³-hybridized carbons (Fsp3) is 0.136. The van der Waals surface area contributed by atoms with Gasteiger partial charge in [0, 0.05) is 11.0 Å². The van der Waals surface area contributed by atoms with Crippen molar-refractivity contribution in [1.29, 1.82) is 0 Å². The van der Waals surface area contributed by atoms with E-state index in [4.69, 9.17) is 4.74 Å². The molecule has 0 bridgehead atoms. The first-order valence-corrected chi connectivity index (χ1v) is 9.61. The number of rotatable bonds is 7. The molecule has 0 heterocycles. The van der Waals surface area contributed by atoms with Crippen LogP contribution in [-0.2, 0) is 4.79 Å². The summed E-state index contributed by atoms with van der Waals surface area (Å²) in [6.45, 7) is 0. The van der Waals surface area contributed by atoms with Gasteiger partial charge in [0.1, 0.15) is 17.4 Å². The van der Waals surface area contributed by atoms with Gasteiger partial charge in [-0.05, 0) is 35.4 Å². The first-order chi connectivity index (χ1) is 13.6. The van der Waals surface area contributed by atoms with Gasteiger partial charge in [0.2, 0.25) is 5.91 Å². The SMILES string of the molecule is COc1ccc([C@H](NC(=O)CSc2ccc(F)cc2F)c2ccccc2)cc1. The van der Waals surface area contributed by atoms with Gasteiger partial charge in [-0.3, -0.25) is 4.79 Å². The van der Waals surface area contributed by atoms with Crippen LogP contribution in [0, 0.1) is 11.6 Å². The second kappa shape index (κ2) is 9.37. The molecule has 144 valence electrons. The zero-order valence-electron chi connectivity index (χ0n) is 15.2. The van der Waals surface area contributed by atoms with Crippen LogP contribution in [0.2, 0.25) is 0 Å². The van der Waals surface area contributed by atoms with Crippen molar-refractivity contribution < 1.29 is 18.3 Å². The second-order valence-electron chi connectivity index (χ2n) is 6.05. The lowest BCUT2D eigenvalue weighted by atomic mass is 9.98. The van der Waals surface area contributed by atoms with Crippen molar-refractivity contribution in [2.45, 2.75) is 10.9 Å². The molecule has 3 nitrogen and oxygen atoms in total. The molecule has 1 atom stereocenters. The number of thioether (sulfide) groups is 1. The van der Waals surface area contributed by atoms with Gasteiger partial charge in [-0.15, -0.1) is 11.8 Å². The average molecular weight is 399 g/mol. The van der Waals surface area contributed by atoms with Crippen molar-refractivity contribution in [3.63, 3.8) is 0 Å². The summed E-state index contributed by atoms with van der Waals surface area (Å²) in [6.07, 6.45) is 0. The highest BCUT2D eigenvalue weighted by Gasteiger charge is 2.17. The Balaban J connectivity index is 1.74. The zero-order valence-corrected chi connectivity index (χ0v) is 16.0. The monoisotopic (exact) mass is 399 g/mol. The van der Waals surface area contributed by atoms with Crippen LogP contribution in [0.1, 0.15) is 17.2 Å². The van der Waals surface area contributed by atoms with E-state index in [1.807, 2.05) is 54.6 Å². The summed E-state index contributed by atoms with van der Waals surface area (Å²) < 4.78 is 32.0. The summed E-state index contributed by atoms with van der Waals surface area (Å²) in [5.41, 5.74) is 1.83. The predicted molar refractivity (Wildman–Crippen MR) is 107 cm³/mol. The third-order valence-corrected chi connectivity index (χ3v) is 5.19. The number of ether oxygens (including phenoxy) is 1. The molecular weight excluding hydrogens is 380 g/mol. The highest BCUT2D eigenvalue weighted by atomic mass is 32.2. The number of hydrogen-bond acceptors (Lipinski definition) is 3. The molecular formula is C22H19F2NO2S. The van der Waals surface area contributed by atoms with Crippen LogP contribution >= 0.6 is 11.8 Å². The summed E-state index contributed by atoms with van der Waals surface area (Å²) in [6, 6.07) is 20.0. The number of amides is 1. The topological polar surface area (TPSA) is 38.3 Å². The van der Waals surface area contributed by atoms with Crippen LogP contribution in [0.25, 0.3) is 0 Å². The number of benzene rings is 3. The number of carbonyl (C=O) groups is 1. The maximum atomic E-state index is 13.8. The molecule has 0 saturated heterocycles. The Morgan fingerprint density at radius 2 is 1.68 bits per heavy atom. The van der Waals surface area contributed by atoms with Gasteiger partial charge in [-0.2, -0.15) is 0 Å². The maximum Gasteiger partial charge on any atom is 0.231 e. The molecule has 6 heteroatoms. The summed E-state index contributed by atoms with van der Waals surface area (Å²) in [4.78, 5) is 12.8. The lowest BCUT2D eigenvalue weighted by molar-refractivity contribution is -0.119. The van der Waals surface area contributed by atoms with Gasteiger partial charge in [0.05, 0.1) is 18.9 Å². The summed E-state index contributed by atoms with van der Waals surface area (Å²) >= 11 is 1.03. The Kier molecular flexibility index (Phi) is 6.66. The first kappa shape index (κ1) is 19.9. The molecule has 1 amide bonds. The molecule has 0 aliphatic heterocycles. The lowest BCUT2D eigenvalue weighted by Crippen LogP contribution is -2.30. The number of halogens is 2. The normalized spacial score (nSPS) is 11.7. The van der Waals surface area contributed by atoms with Crippen molar-refractivity contribution in [3.05, 3.63) is 95.6 Å². The Hall–Kier alpha value is -2.86. The molecule has 3 aromatic carbocycles. The smallest absolute Gasteiger partial charge is 0.231 e. The summed E-state index contributed by atoms with van der Waals surface area (Å²) in [5.74, 6) is -0.827. The molecule has 1 N–H and O–H groups in total. The van der Waals surface area contributed by atoms with Gasteiger partial charge in [0.15, 0.2) is 0 Å². The lowest BCUT2D eigenvalue weighted by Gasteiger charge is -2.20. The van der Waals surface area contributed by atoms with E-state index < -0.39 is 11.6 Å². The number of nitrogens with one attached hydrogen (secondary N) is 1. The van der Waals surface area contributed by atoms with Crippen LogP contribution in [-0.4, -0.2) is 18.8 Å². The average Bonchev–Trinajstić information content (AvgIpc) is 2.72. The third kappa shape index (κ3) is 5.10. The second-order valence-corrected chi connectivity index (χ2v) is 7.06. The highest BCUT2D eigenvalue weighted by Crippen LogP contribution is 2.26. The molecule has 0 unspecified atom stereocenters. The fourth-order valence-electron chi connectivity index (χ4n) is 2.74. The highest BCUT2D eigenvalue weighted by molar-refractivity contribution is 8.00. The van der Waals surface area contributed by atoms with Crippen molar-refractivity contribution in [3.8, 4) is 5.75 Å². The fourth-order valence-corrected chi connectivity index (χ4v) is 3.47. The maximum absolute atomic E-state index is 13.8. The van der Waals surface area contributed by atoms with Gasteiger partial charge >= 0.3 is 0 Å². The minimum Gasteiger partial charge on any atom is -0.497 e. The van der Waals surface area contributed by atoms with Crippen LogP contribution in [0.5, 0.6) is 5.75 Å². The molecule has 0 spiro atoms. The summed E-state index contributed by atoms with van der Waals surface area (Å²) in [7, 11) is 1.59. The van der Waals surface area contributed by atoms with Crippen LogP contribution < -0.4 is 10.1 Å². The number of methoxy groups -OCH3 is 1. The molecule has 0 aliphatic carbocycles. The van der Waals surface area contributed by atoms with Crippen LogP contribution in [0.15, 0.2) is 77.7 Å². The first-order valence-electron chi connectivity index (χ1n) is 8.63. The van der Waals surface area contributed by atoms with E-state index in [2.05, 4.69) is 5.32 Å². The van der Waals surface area contributed by atoms with Crippen molar-refractivity contribution in [1.82, 2.24) is 5.32 Å². The van der Waals surface area contributed by atoms with Gasteiger partial charge < -0.3 is 10.1 Å². The number of carbonyl (C=O) groups excluding carboxylic acids is 1. The molecule has 0 aliphatic rings. The Bertz CT molecular complexity index is 933. The van der Waals surface area contributed by atoms with E-state index in [1.165, 1.54) is 12.1 Å². The van der Waals surface area contributed by atoms with Crippen LogP contribution in [0.4, 0.5) is 8.78 Å². The Morgan fingerprint density at radius 1 is 1.00 bits per heavy atom. The quantitative estimate of drug-likeness (QED) is 0.570. The molecule has 0 fully saturated rings. The van der Waals surface area contributed by atoms with Gasteiger partial charge in [-0.1, -0.05) is 42.5 Å². The molecule has 28 heavy (non-hydrogen) atoms. The number of hydrogen-bond donors (Lipinski definition) is 1. The van der Waals surface area contributed by atoms with Crippen molar-refractivity contribution in [2.75, 3.05) is 12.9 Å². The van der Waals surface area contributed by atoms with E-state index >= 15 is 0 Å². The van der Waals surface area contributed by atoms with Gasteiger partial charge in [0.25, 0.3) is 0 Å². The molecule has 0 aromatic heterocycles. The van der Waals surface area contributed by atoms with E-state index in [-0.39, 0.29) is 22.6 Å². The van der Waals surface area contributed by atoms with E-state index in [9.17, 15) is 13.6 Å². The van der Waals surface area contributed by atoms with E-state index in [1.54, 1.807) is 7.11 Å². The standard InChI is InChI=1S/C22H19F2NO2S/c1-27-18-10-7-16(8-11-18)22(15-5-3-2-4-6-15)25-21(26)14-28-20-12-9-17(23)13-19(20)24/h2-13,22H,14H2,1H3,(H,25,26)/t22-/m1/s1. The molecule has 0 radical (unpaired) electrons. The third-order valence-electron chi connectivity index (χ3n) is 4.14. The summed E-state index contributed by atoms with van der Waals surface area (Å²) in [5, 5.41) is 2.99. The Labute approximate surface area is 166 Å². The molecule has 0 saturated carbocycles. The zero-order chi connectivity index (χ0) is 19.9. The Morgan fingerprint density at radius 3 is 2.32 bits per heavy atom. The van der Waals surface area contributed by atoms with Crippen molar-refractivity contribution in [2.24, 2.45) is 0 Å². The minimum atomic E-state index is -0.674. The predicted octanol–water partition coefficient (Wildman–Crippen LogP) is 4.97. The molecule has 3 rings (SSSR count). The minimum absolute atomic E-state index is 0.0159. The van der Waals surface area contributed by atoms with E-state index in [0.717, 1.165) is 34.7 Å². The largest absolute Gasteiger partial charge is 0.497 e. The molecule has 3 aromatic rings. The van der Waals surface area contributed by atoms with Crippen molar-refractivity contribution >= 4 is 17.7 Å². The van der Waals surface area contributed by atoms with Crippen LogP contribution in [0.3, 0.4) is 0 Å². The van der Waals surface area contributed by atoms with E-state index in [0.29, 0.717) is 0 Å². The van der Waals surface area contributed by atoms with Gasteiger partial charge in [-0.25, -0.2) is 8.78 Å².